The van der Waals surface area contributed by atoms with Gasteiger partial charge in [-0.15, -0.1) is 0 Å². The largest absolute Gasteiger partial charge is 0.503 e. The highest BCUT2D eigenvalue weighted by Crippen LogP contribution is 2.32. The second-order valence-corrected chi connectivity index (χ2v) is 5.57. The second-order valence-electron chi connectivity index (χ2n) is 5.57. The average molecular weight is 352 g/mol. The number of likely N-dealkylation sites (N-methyl/N-ethyl adjacent to an activating group) is 1. The molecular formula is C17H15F3N2O3. The van der Waals surface area contributed by atoms with Gasteiger partial charge in [-0.2, -0.15) is 13.2 Å². The molecule has 2 rings (SSSR count). The molecular weight excluding hydrogens is 337 g/mol. The van der Waals surface area contributed by atoms with Gasteiger partial charge in [-0.05, 0) is 24.1 Å². The number of hydrogen-bond donors (Lipinski definition) is 2. The number of rotatable bonds is 2. The Morgan fingerprint density at radius 1 is 1.40 bits per heavy atom. The van der Waals surface area contributed by atoms with Gasteiger partial charge in [-0.25, -0.2) is 0 Å². The van der Waals surface area contributed by atoms with E-state index in [2.05, 4.69) is 17.3 Å². The van der Waals surface area contributed by atoms with E-state index in [1.807, 2.05) is 0 Å². The fourth-order valence-electron chi connectivity index (χ4n) is 2.28. The van der Waals surface area contributed by atoms with Crippen LogP contribution in [0, 0.1) is 18.9 Å². The lowest BCUT2D eigenvalue weighted by Crippen LogP contribution is -2.25. The monoisotopic (exact) mass is 352 g/mol. The van der Waals surface area contributed by atoms with E-state index in [0.29, 0.717) is 5.56 Å². The first-order valence-corrected chi connectivity index (χ1v) is 7.23. The van der Waals surface area contributed by atoms with Gasteiger partial charge < -0.3 is 10.0 Å². The fourth-order valence-corrected chi connectivity index (χ4v) is 2.28. The maximum Gasteiger partial charge on any atom is 0.416 e. The second kappa shape index (κ2) is 6.89. The molecule has 0 aliphatic carbocycles. The zero-order chi connectivity index (χ0) is 18.8. The van der Waals surface area contributed by atoms with Gasteiger partial charge in [-0.1, -0.05) is 18.1 Å². The summed E-state index contributed by atoms with van der Waals surface area (Å²) in [6.07, 6.45) is -4.43. The maximum absolute atomic E-state index is 12.8. The molecule has 25 heavy (non-hydrogen) atoms. The van der Waals surface area contributed by atoms with Crippen molar-refractivity contribution in [2.24, 2.45) is 0 Å². The number of aliphatic hydroxyl groups excluding tert-OH is 1. The summed E-state index contributed by atoms with van der Waals surface area (Å²) in [6.45, 7) is 1.34. The quantitative estimate of drug-likeness (QED) is 0.631. The summed E-state index contributed by atoms with van der Waals surface area (Å²) in [6, 6.07) is 6.24. The Morgan fingerprint density at radius 2 is 2.08 bits per heavy atom. The number of aliphatic hydroxyl groups is 1. The Balaban J connectivity index is 2.02. The number of carbonyl (C=O) groups excluding carboxylic acids is 2. The van der Waals surface area contributed by atoms with Gasteiger partial charge in [0.2, 0.25) is 0 Å². The summed E-state index contributed by atoms with van der Waals surface area (Å²) in [7, 11) is 1.43. The van der Waals surface area contributed by atoms with Crippen molar-refractivity contribution in [1.29, 1.82) is 0 Å². The third kappa shape index (κ3) is 4.12. The summed E-state index contributed by atoms with van der Waals surface area (Å²) in [4.78, 5) is 24.4. The summed E-state index contributed by atoms with van der Waals surface area (Å²) >= 11 is 0. The van der Waals surface area contributed by atoms with Gasteiger partial charge in [0, 0.05) is 19.5 Å². The first kappa shape index (κ1) is 18.4. The topological polar surface area (TPSA) is 69.6 Å². The average Bonchev–Trinajstić information content (AvgIpc) is 2.79. The van der Waals surface area contributed by atoms with Gasteiger partial charge >= 0.3 is 6.18 Å². The molecule has 0 saturated carbocycles. The number of carbonyl (C=O) groups is 2. The molecule has 0 radical (unpaired) electrons. The lowest BCUT2D eigenvalue weighted by molar-refractivity contribution is -0.138. The zero-order valence-electron chi connectivity index (χ0n) is 13.5. The van der Waals surface area contributed by atoms with Crippen LogP contribution >= 0.6 is 0 Å². The Kier molecular flexibility index (Phi) is 5.07. The zero-order valence-corrected chi connectivity index (χ0v) is 13.5. The molecule has 0 atom stereocenters. The third-order valence-corrected chi connectivity index (χ3v) is 3.67. The number of hydrogen-bond acceptors (Lipinski definition) is 3. The van der Waals surface area contributed by atoms with Crippen molar-refractivity contribution in [2.75, 3.05) is 13.6 Å². The number of alkyl halides is 3. The Labute approximate surface area is 142 Å². The molecule has 0 aromatic heterocycles. The molecule has 1 aromatic rings. The normalized spacial score (nSPS) is 14.4. The van der Waals surface area contributed by atoms with Crippen LogP contribution in [0.1, 0.15) is 16.7 Å². The van der Waals surface area contributed by atoms with Crippen molar-refractivity contribution in [3.63, 3.8) is 0 Å². The molecule has 0 bridgehead atoms. The number of halogens is 3. The van der Waals surface area contributed by atoms with Gasteiger partial charge in [0.25, 0.3) is 11.8 Å². The van der Waals surface area contributed by atoms with E-state index in [1.54, 1.807) is 0 Å². The first-order valence-electron chi connectivity index (χ1n) is 7.23. The van der Waals surface area contributed by atoms with Gasteiger partial charge in [0.15, 0.2) is 5.76 Å². The molecule has 0 spiro atoms. The van der Waals surface area contributed by atoms with Crippen LogP contribution in [-0.4, -0.2) is 35.4 Å². The molecule has 132 valence electrons. The molecule has 1 aromatic carbocycles. The third-order valence-electron chi connectivity index (χ3n) is 3.67. The van der Waals surface area contributed by atoms with E-state index in [4.69, 9.17) is 0 Å². The van der Waals surface area contributed by atoms with Crippen LogP contribution in [0.5, 0.6) is 0 Å². The smallest absolute Gasteiger partial charge is 0.416 e. The van der Waals surface area contributed by atoms with E-state index < -0.39 is 29.3 Å². The summed E-state index contributed by atoms with van der Waals surface area (Å²) in [5.41, 5.74) is -0.345. The number of nitrogens with one attached hydrogen (secondary N) is 1. The lowest BCUT2D eigenvalue weighted by atomic mass is 10.0. The Hall–Kier alpha value is -2.95. The van der Waals surface area contributed by atoms with Crippen molar-refractivity contribution in [3.05, 3.63) is 46.2 Å². The lowest BCUT2D eigenvalue weighted by Gasteiger charge is -2.11. The van der Waals surface area contributed by atoms with Crippen LogP contribution in [0.3, 0.4) is 0 Å². The minimum Gasteiger partial charge on any atom is -0.503 e. The first-order chi connectivity index (χ1) is 11.6. The Morgan fingerprint density at radius 3 is 2.64 bits per heavy atom. The van der Waals surface area contributed by atoms with Gasteiger partial charge in [0.05, 0.1) is 17.7 Å². The van der Waals surface area contributed by atoms with Crippen LogP contribution in [0.4, 0.5) is 13.2 Å². The van der Waals surface area contributed by atoms with Crippen LogP contribution in [0.25, 0.3) is 0 Å². The van der Waals surface area contributed by atoms with E-state index in [-0.39, 0.29) is 24.1 Å². The van der Waals surface area contributed by atoms with Crippen LogP contribution in [0.2, 0.25) is 0 Å². The molecule has 5 nitrogen and oxygen atoms in total. The SMILES string of the molecule is Cc1ccc(CC#CNC(=O)C2=C(O)C(=O)N(C)C2)cc1C(F)(F)F. The fraction of sp³-hybridized carbons (Fsp3) is 0.294. The standard InChI is InChI=1S/C17H15F3N2O3/c1-10-5-6-11(8-13(10)17(18,19)20)4-3-7-21-15(24)12-9-22(2)16(25)14(12)23/h5-6,8,23H,4,9H2,1-2H3,(H,21,24). The molecule has 0 unspecified atom stereocenters. The van der Waals surface area contributed by atoms with E-state index >= 15 is 0 Å². The number of benzene rings is 1. The number of aryl methyl sites for hydroxylation is 1. The minimum absolute atomic E-state index is 0.00744. The molecule has 1 heterocycles. The molecule has 1 aliphatic rings. The van der Waals surface area contributed by atoms with Crippen molar-refractivity contribution in [2.45, 2.75) is 19.5 Å². The van der Waals surface area contributed by atoms with Crippen LogP contribution in [-0.2, 0) is 22.2 Å². The Bertz CT molecular complexity index is 817. The van der Waals surface area contributed by atoms with Crippen molar-refractivity contribution >= 4 is 11.8 Å². The number of nitrogens with zero attached hydrogens (tertiary/aromatic N) is 1. The number of amides is 2. The molecule has 0 fully saturated rings. The predicted octanol–water partition coefficient (Wildman–Crippen LogP) is 1.92. The maximum atomic E-state index is 12.8. The summed E-state index contributed by atoms with van der Waals surface area (Å²) in [5, 5.41) is 11.7. The minimum atomic E-state index is -4.44. The highest BCUT2D eigenvalue weighted by molar-refractivity contribution is 6.07. The van der Waals surface area contributed by atoms with E-state index in [0.717, 1.165) is 6.07 Å². The molecule has 2 N–H and O–H groups in total. The highest BCUT2D eigenvalue weighted by Gasteiger charge is 2.32. The molecule has 2 amide bonds. The van der Waals surface area contributed by atoms with E-state index in [1.165, 1.54) is 31.0 Å². The molecule has 8 heteroatoms. The summed E-state index contributed by atoms with van der Waals surface area (Å²) < 4.78 is 38.5. The summed E-state index contributed by atoms with van der Waals surface area (Å²) in [5.74, 6) is 0.535. The van der Waals surface area contributed by atoms with Gasteiger partial charge in [-0.3, -0.25) is 14.9 Å². The van der Waals surface area contributed by atoms with E-state index in [9.17, 15) is 27.9 Å². The van der Waals surface area contributed by atoms with Crippen molar-refractivity contribution in [3.8, 4) is 12.0 Å². The van der Waals surface area contributed by atoms with Crippen LogP contribution < -0.4 is 5.32 Å². The van der Waals surface area contributed by atoms with Crippen molar-refractivity contribution in [1.82, 2.24) is 10.2 Å². The van der Waals surface area contributed by atoms with Crippen molar-refractivity contribution < 1.29 is 27.9 Å². The van der Waals surface area contributed by atoms with Gasteiger partial charge in [0.1, 0.15) is 0 Å². The van der Waals surface area contributed by atoms with Crippen LogP contribution in [0.15, 0.2) is 29.5 Å². The molecule has 1 aliphatic heterocycles. The molecule has 0 saturated heterocycles. The highest BCUT2D eigenvalue weighted by atomic mass is 19.4. The predicted molar refractivity (Wildman–Crippen MR) is 83.1 cm³/mol.